The molecule has 4 heteroatoms. The van der Waals surface area contributed by atoms with E-state index in [9.17, 15) is 8.42 Å². The molecular formula is C13H19NO2S. The highest BCUT2D eigenvalue weighted by Gasteiger charge is 2.14. The Kier molecular flexibility index (Phi) is 3.84. The van der Waals surface area contributed by atoms with Gasteiger partial charge in [-0.15, -0.1) is 0 Å². The largest absolute Gasteiger partial charge is 0.317 e. The van der Waals surface area contributed by atoms with Crippen molar-refractivity contribution < 1.29 is 8.42 Å². The molecule has 0 aliphatic carbocycles. The van der Waals surface area contributed by atoms with E-state index in [0.29, 0.717) is 10.8 Å². The summed E-state index contributed by atoms with van der Waals surface area (Å²) in [4.78, 5) is 0.434. The van der Waals surface area contributed by atoms with Gasteiger partial charge in [-0.25, -0.2) is 8.42 Å². The lowest BCUT2D eigenvalue weighted by Crippen LogP contribution is -2.28. The van der Waals surface area contributed by atoms with Crippen LogP contribution in [0.15, 0.2) is 29.2 Å². The Morgan fingerprint density at radius 3 is 2.65 bits per heavy atom. The van der Waals surface area contributed by atoms with Crippen molar-refractivity contribution in [2.75, 3.05) is 19.3 Å². The van der Waals surface area contributed by atoms with Crippen molar-refractivity contribution in [2.24, 2.45) is 5.92 Å². The second-order valence-corrected chi connectivity index (χ2v) is 6.83. The average molecular weight is 253 g/mol. The fourth-order valence-electron chi connectivity index (χ4n) is 2.32. The summed E-state index contributed by atoms with van der Waals surface area (Å²) in [5.74, 6) is 0.686. The first-order valence-corrected chi connectivity index (χ1v) is 7.94. The summed E-state index contributed by atoms with van der Waals surface area (Å²) in [7, 11) is -3.08. The zero-order valence-corrected chi connectivity index (χ0v) is 11.0. The molecule has 0 unspecified atom stereocenters. The molecule has 1 aromatic rings. The summed E-state index contributed by atoms with van der Waals surface area (Å²) in [6.07, 6.45) is 4.62. The molecular weight excluding hydrogens is 234 g/mol. The molecule has 0 amide bonds. The highest BCUT2D eigenvalue weighted by molar-refractivity contribution is 7.90. The monoisotopic (exact) mass is 253 g/mol. The SMILES string of the molecule is CS(=O)(=O)c1cccc(CC2CCNCC2)c1. The summed E-state index contributed by atoms with van der Waals surface area (Å²) < 4.78 is 22.9. The molecule has 0 radical (unpaired) electrons. The number of hydrogen-bond donors (Lipinski definition) is 1. The van der Waals surface area contributed by atoms with Crippen LogP contribution in [0.4, 0.5) is 0 Å². The minimum absolute atomic E-state index is 0.434. The summed E-state index contributed by atoms with van der Waals surface area (Å²) in [5, 5.41) is 3.34. The van der Waals surface area contributed by atoms with E-state index in [-0.39, 0.29) is 0 Å². The Labute approximate surface area is 103 Å². The molecule has 0 spiro atoms. The van der Waals surface area contributed by atoms with Crippen LogP contribution in [0.5, 0.6) is 0 Å². The van der Waals surface area contributed by atoms with E-state index in [0.717, 1.165) is 25.1 Å². The number of benzene rings is 1. The number of piperidine rings is 1. The van der Waals surface area contributed by atoms with Crippen LogP contribution in [0, 0.1) is 5.92 Å². The van der Waals surface area contributed by atoms with Crippen molar-refractivity contribution in [1.82, 2.24) is 5.32 Å². The van der Waals surface area contributed by atoms with Crippen molar-refractivity contribution in [3.05, 3.63) is 29.8 Å². The molecule has 0 saturated carbocycles. The maximum Gasteiger partial charge on any atom is 0.175 e. The summed E-state index contributed by atoms with van der Waals surface area (Å²) in [5.41, 5.74) is 1.14. The van der Waals surface area contributed by atoms with Gasteiger partial charge in [0.2, 0.25) is 0 Å². The first-order valence-electron chi connectivity index (χ1n) is 6.05. The maximum absolute atomic E-state index is 11.5. The van der Waals surface area contributed by atoms with Crippen molar-refractivity contribution in [3.63, 3.8) is 0 Å². The summed E-state index contributed by atoms with van der Waals surface area (Å²) in [6, 6.07) is 7.35. The van der Waals surface area contributed by atoms with Crippen LogP contribution < -0.4 is 5.32 Å². The molecule has 1 aliphatic rings. The van der Waals surface area contributed by atoms with Gasteiger partial charge in [-0.2, -0.15) is 0 Å². The van der Waals surface area contributed by atoms with Gasteiger partial charge in [0.1, 0.15) is 0 Å². The Hall–Kier alpha value is -0.870. The van der Waals surface area contributed by atoms with Gasteiger partial charge in [-0.1, -0.05) is 12.1 Å². The standard InChI is InChI=1S/C13H19NO2S/c1-17(15,16)13-4-2-3-12(10-13)9-11-5-7-14-8-6-11/h2-4,10-11,14H,5-9H2,1H3. The van der Waals surface area contributed by atoms with Gasteiger partial charge in [-0.3, -0.25) is 0 Å². The molecule has 1 saturated heterocycles. The quantitative estimate of drug-likeness (QED) is 0.890. The lowest BCUT2D eigenvalue weighted by molar-refractivity contribution is 0.372. The Morgan fingerprint density at radius 2 is 2.00 bits per heavy atom. The van der Waals surface area contributed by atoms with Crippen LogP contribution in [0.25, 0.3) is 0 Å². The highest BCUT2D eigenvalue weighted by Crippen LogP contribution is 2.20. The molecule has 0 atom stereocenters. The molecule has 17 heavy (non-hydrogen) atoms. The molecule has 0 aromatic heterocycles. The zero-order chi connectivity index (χ0) is 12.3. The fourth-order valence-corrected chi connectivity index (χ4v) is 3.01. The average Bonchev–Trinajstić information content (AvgIpc) is 2.29. The molecule has 3 nitrogen and oxygen atoms in total. The molecule has 1 fully saturated rings. The van der Waals surface area contributed by atoms with Crippen LogP contribution in [-0.4, -0.2) is 27.8 Å². The molecule has 1 N–H and O–H groups in total. The van der Waals surface area contributed by atoms with Gasteiger partial charge in [0.15, 0.2) is 9.84 Å². The maximum atomic E-state index is 11.5. The smallest absolute Gasteiger partial charge is 0.175 e. The molecule has 94 valence electrons. The van der Waals surface area contributed by atoms with Gasteiger partial charge in [0.05, 0.1) is 4.90 Å². The topological polar surface area (TPSA) is 46.2 Å². The van der Waals surface area contributed by atoms with Gasteiger partial charge < -0.3 is 5.32 Å². The van der Waals surface area contributed by atoms with Gasteiger partial charge in [0.25, 0.3) is 0 Å². The van der Waals surface area contributed by atoms with Crippen LogP contribution in [0.3, 0.4) is 0 Å². The van der Waals surface area contributed by atoms with Crippen LogP contribution in [0.1, 0.15) is 18.4 Å². The Balaban J connectivity index is 2.11. The Morgan fingerprint density at radius 1 is 1.29 bits per heavy atom. The van der Waals surface area contributed by atoms with E-state index in [1.54, 1.807) is 6.07 Å². The first-order chi connectivity index (χ1) is 8.05. The lowest BCUT2D eigenvalue weighted by Gasteiger charge is -2.22. The fraction of sp³-hybridized carbons (Fsp3) is 0.538. The van der Waals surface area contributed by atoms with Crippen LogP contribution in [0.2, 0.25) is 0 Å². The van der Waals surface area contributed by atoms with E-state index in [4.69, 9.17) is 0 Å². The van der Waals surface area contributed by atoms with Crippen LogP contribution >= 0.6 is 0 Å². The number of nitrogens with one attached hydrogen (secondary N) is 1. The molecule has 1 heterocycles. The van der Waals surface area contributed by atoms with Crippen molar-refractivity contribution in [1.29, 1.82) is 0 Å². The molecule has 1 aliphatic heterocycles. The molecule has 2 rings (SSSR count). The molecule has 1 aromatic carbocycles. The van der Waals surface area contributed by atoms with E-state index in [1.165, 1.54) is 19.1 Å². The van der Waals surface area contributed by atoms with E-state index in [1.807, 2.05) is 18.2 Å². The van der Waals surface area contributed by atoms with Gasteiger partial charge >= 0.3 is 0 Å². The highest BCUT2D eigenvalue weighted by atomic mass is 32.2. The summed E-state index contributed by atoms with van der Waals surface area (Å²) in [6.45, 7) is 2.16. The third kappa shape index (κ3) is 3.54. The van der Waals surface area contributed by atoms with Gasteiger partial charge in [-0.05, 0) is 56.0 Å². The van der Waals surface area contributed by atoms with E-state index < -0.39 is 9.84 Å². The number of sulfone groups is 1. The van der Waals surface area contributed by atoms with Gasteiger partial charge in [0, 0.05) is 6.26 Å². The normalized spacial score (nSPS) is 18.2. The molecule has 0 bridgehead atoms. The predicted octanol–water partition coefficient (Wildman–Crippen LogP) is 1.63. The third-order valence-electron chi connectivity index (χ3n) is 3.31. The van der Waals surface area contributed by atoms with E-state index in [2.05, 4.69) is 5.32 Å². The lowest BCUT2D eigenvalue weighted by atomic mass is 9.91. The minimum atomic E-state index is -3.08. The third-order valence-corrected chi connectivity index (χ3v) is 4.42. The number of rotatable bonds is 3. The van der Waals surface area contributed by atoms with Crippen molar-refractivity contribution in [2.45, 2.75) is 24.2 Å². The predicted molar refractivity (Wildman–Crippen MR) is 68.8 cm³/mol. The van der Waals surface area contributed by atoms with Crippen molar-refractivity contribution in [3.8, 4) is 0 Å². The first kappa shape index (κ1) is 12.6. The second-order valence-electron chi connectivity index (χ2n) is 4.82. The second kappa shape index (κ2) is 5.19. The zero-order valence-electron chi connectivity index (χ0n) is 10.1. The Bertz CT molecular complexity index is 476. The van der Waals surface area contributed by atoms with E-state index >= 15 is 0 Å². The number of hydrogen-bond acceptors (Lipinski definition) is 3. The summed E-state index contributed by atoms with van der Waals surface area (Å²) >= 11 is 0. The van der Waals surface area contributed by atoms with Crippen LogP contribution in [-0.2, 0) is 16.3 Å². The van der Waals surface area contributed by atoms with Crippen molar-refractivity contribution >= 4 is 9.84 Å². The minimum Gasteiger partial charge on any atom is -0.317 e.